The van der Waals surface area contributed by atoms with Crippen molar-refractivity contribution in [2.45, 2.75) is 85.1 Å². The lowest BCUT2D eigenvalue weighted by molar-refractivity contribution is -0.410. The zero-order chi connectivity index (χ0) is 40.3. The van der Waals surface area contributed by atoms with Crippen LogP contribution in [0.2, 0.25) is 0 Å². The lowest BCUT2D eigenvalue weighted by Gasteiger charge is -2.39. The fraction of sp³-hybridized carbons (Fsp3) is 1.00. The van der Waals surface area contributed by atoms with Crippen LogP contribution in [0, 0.1) is 0 Å². The van der Waals surface area contributed by atoms with Crippen LogP contribution in [0.25, 0.3) is 0 Å². The molecule has 1 atom stereocenters. The van der Waals surface area contributed by atoms with Crippen molar-refractivity contribution in [3.05, 3.63) is 0 Å². The van der Waals surface area contributed by atoms with Gasteiger partial charge >= 0.3 is 72.1 Å². The molecule has 49 heavy (non-hydrogen) atoms. The average Bonchev–Trinajstić information content (AvgIpc) is 2.84. The van der Waals surface area contributed by atoms with Crippen molar-refractivity contribution in [2.75, 3.05) is 18.1 Å². The third-order valence-electron chi connectivity index (χ3n) is 5.39. The number of alkyl halides is 24. The zero-order valence-corrected chi connectivity index (χ0v) is 23.8. The summed E-state index contributed by atoms with van der Waals surface area (Å²) in [4.78, 5) is 0. The van der Waals surface area contributed by atoms with Gasteiger partial charge < -0.3 is 0 Å². The SMILES string of the molecule is CC(COS(=O)(=O)CC(F)(F)C(F)(F)C(F)(F)C(F)(F)C(F)(F)C(F)F)OS(=O)(=O)CC(F)(F)C(F)(F)C(F)(F)C(F)(F)C(F)(F)C(F)F. The molecule has 0 saturated heterocycles. The molecular formula is C17H12F24O6S2. The highest BCUT2D eigenvalue weighted by Crippen LogP contribution is 2.60. The topological polar surface area (TPSA) is 86.7 Å². The highest BCUT2D eigenvalue weighted by molar-refractivity contribution is 7.87. The summed E-state index contributed by atoms with van der Waals surface area (Å²) in [6.45, 7) is -2.43. The lowest BCUT2D eigenvalue weighted by atomic mass is 9.95. The zero-order valence-electron chi connectivity index (χ0n) is 22.2. The van der Waals surface area contributed by atoms with E-state index in [1.165, 1.54) is 0 Å². The number of rotatable bonds is 19. The van der Waals surface area contributed by atoms with Gasteiger partial charge in [0.2, 0.25) is 0 Å². The van der Waals surface area contributed by atoms with E-state index in [4.69, 9.17) is 0 Å². The van der Waals surface area contributed by atoms with Gasteiger partial charge in [-0.2, -0.15) is 105 Å². The number of halogens is 24. The molecule has 0 amide bonds. The maximum absolute atomic E-state index is 13.8. The third kappa shape index (κ3) is 8.13. The van der Waals surface area contributed by atoms with Crippen LogP contribution in [0.5, 0.6) is 0 Å². The van der Waals surface area contributed by atoms with Gasteiger partial charge in [0, 0.05) is 0 Å². The number of hydrogen-bond donors (Lipinski definition) is 0. The molecule has 0 bridgehead atoms. The quantitative estimate of drug-likeness (QED) is 0.104. The highest BCUT2D eigenvalue weighted by Gasteiger charge is 2.89. The molecule has 0 aliphatic rings. The Morgan fingerprint density at radius 2 is 0.714 bits per heavy atom. The first-order valence-corrected chi connectivity index (χ1v) is 14.2. The van der Waals surface area contributed by atoms with E-state index in [-0.39, 0.29) is 6.92 Å². The molecule has 0 heterocycles. The minimum atomic E-state index is -8.23. The molecule has 0 rings (SSSR count). The molecule has 6 nitrogen and oxygen atoms in total. The molecule has 0 N–H and O–H groups in total. The first-order valence-electron chi connectivity index (χ1n) is 11.0. The van der Waals surface area contributed by atoms with Crippen molar-refractivity contribution in [1.29, 1.82) is 0 Å². The lowest BCUT2D eigenvalue weighted by Crippen LogP contribution is -2.69. The second-order valence-corrected chi connectivity index (χ2v) is 12.5. The monoisotopic (exact) mass is 832 g/mol. The first kappa shape index (κ1) is 47.1. The van der Waals surface area contributed by atoms with Crippen LogP contribution in [-0.2, 0) is 28.6 Å². The van der Waals surface area contributed by atoms with Crippen molar-refractivity contribution >= 4 is 20.2 Å². The fourth-order valence-electron chi connectivity index (χ4n) is 2.72. The van der Waals surface area contributed by atoms with Crippen molar-refractivity contribution in [3.8, 4) is 0 Å². The van der Waals surface area contributed by atoms with Crippen LogP contribution in [-0.4, -0.2) is 113 Å². The summed E-state index contributed by atoms with van der Waals surface area (Å²) < 4.78 is 369. The summed E-state index contributed by atoms with van der Waals surface area (Å²) in [7, 11) is -13.5. The Hall–Kier alpha value is -1.86. The van der Waals surface area contributed by atoms with Crippen LogP contribution in [0.4, 0.5) is 105 Å². The number of hydrogen-bond acceptors (Lipinski definition) is 6. The smallest absolute Gasteiger partial charge is 0.267 e. The van der Waals surface area contributed by atoms with E-state index in [1.807, 2.05) is 0 Å². The molecule has 0 aromatic carbocycles. The van der Waals surface area contributed by atoms with Gasteiger partial charge in [0.1, 0.15) is 11.5 Å². The molecule has 0 radical (unpaired) electrons. The molecule has 296 valence electrons. The van der Waals surface area contributed by atoms with E-state index < -0.39 is 117 Å². The van der Waals surface area contributed by atoms with E-state index in [0.717, 1.165) is 0 Å². The Labute approximate surface area is 254 Å². The van der Waals surface area contributed by atoms with Gasteiger partial charge in [-0.1, -0.05) is 0 Å². The first-order chi connectivity index (χ1) is 20.9. The third-order valence-corrected chi connectivity index (χ3v) is 7.94. The highest BCUT2D eigenvalue weighted by atomic mass is 32.2. The Bertz CT molecular complexity index is 1380. The summed E-state index contributed by atoms with van der Waals surface area (Å²) in [6, 6.07) is 0. The average molecular weight is 832 g/mol. The minimum Gasteiger partial charge on any atom is -0.267 e. The van der Waals surface area contributed by atoms with E-state index in [2.05, 4.69) is 8.37 Å². The van der Waals surface area contributed by atoms with E-state index >= 15 is 0 Å². The largest absolute Gasteiger partial charge is 0.384 e. The summed E-state index contributed by atoms with van der Waals surface area (Å²) >= 11 is 0. The predicted octanol–water partition coefficient (Wildman–Crippen LogP) is 6.95. The van der Waals surface area contributed by atoms with Gasteiger partial charge in [0.25, 0.3) is 20.2 Å². The van der Waals surface area contributed by atoms with Crippen molar-refractivity contribution < 1.29 is 131 Å². The van der Waals surface area contributed by atoms with Gasteiger partial charge in [0.15, 0.2) is 0 Å². The predicted molar refractivity (Wildman–Crippen MR) is 106 cm³/mol. The van der Waals surface area contributed by atoms with Crippen molar-refractivity contribution in [3.63, 3.8) is 0 Å². The summed E-state index contributed by atoms with van der Waals surface area (Å²) in [6.07, 6.45) is -14.8. The van der Waals surface area contributed by atoms with Crippen LogP contribution in [0.1, 0.15) is 6.92 Å². The standard InChI is InChI=1S/C17H12F24O6S2/c1-5(47-49(44,45)4-9(24,25)13(32,33)17(40,41)15(36,37)11(28,29)7(20)21)2-46-48(42,43)3-8(22,23)12(30,31)16(38,39)14(34,35)10(26,27)6(18)19/h5-7H,2-4H2,1H3. The van der Waals surface area contributed by atoms with Gasteiger partial charge in [-0.3, -0.25) is 8.37 Å². The molecule has 0 aliphatic heterocycles. The molecule has 0 aromatic heterocycles. The minimum absolute atomic E-state index is 0.0385. The van der Waals surface area contributed by atoms with Crippen LogP contribution >= 0.6 is 0 Å². The van der Waals surface area contributed by atoms with Crippen molar-refractivity contribution in [2.24, 2.45) is 0 Å². The molecule has 32 heteroatoms. The molecule has 0 aromatic rings. The van der Waals surface area contributed by atoms with E-state index in [9.17, 15) is 122 Å². The van der Waals surface area contributed by atoms with Crippen LogP contribution in [0.3, 0.4) is 0 Å². The van der Waals surface area contributed by atoms with Gasteiger partial charge in [-0.25, -0.2) is 17.6 Å². The molecule has 0 fully saturated rings. The Morgan fingerprint density at radius 1 is 0.449 bits per heavy atom. The molecule has 0 aliphatic carbocycles. The molecule has 0 spiro atoms. The molecular weight excluding hydrogens is 820 g/mol. The molecule has 0 saturated carbocycles. The molecule has 1 unspecified atom stereocenters. The van der Waals surface area contributed by atoms with E-state index in [0.29, 0.717) is 0 Å². The Kier molecular flexibility index (Phi) is 12.8. The normalized spacial score (nSPS) is 16.9. The second-order valence-electron chi connectivity index (χ2n) is 9.30. The fourth-order valence-corrected chi connectivity index (χ4v) is 5.08. The summed E-state index contributed by atoms with van der Waals surface area (Å²) in [5, 5.41) is 0. The van der Waals surface area contributed by atoms with Gasteiger partial charge in [-0.05, 0) is 6.92 Å². The van der Waals surface area contributed by atoms with Crippen LogP contribution in [0.15, 0.2) is 0 Å². The van der Waals surface area contributed by atoms with E-state index in [1.54, 1.807) is 0 Å². The summed E-state index contributed by atoms with van der Waals surface area (Å²) in [5.74, 6) is -86.1. The Balaban J connectivity index is 6.05. The van der Waals surface area contributed by atoms with Gasteiger partial charge in [0.05, 0.1) is 12.7 Å². The Morgan fingerprint density at radius 3 is 0.980 bits per heavy atom. The maximum Gasteiger partial charge on any atom is 0.384 e. The van der Waals surface area contributed by atoms with Crippen LogP contribution < -0.4 is 0 Å². The maximum atomic E-state index is 13.8. The van der Waals surface area contributed by atoms with Gasteiger partial charge in [-0.15, -0.1) is 0 Å². The summed E-state index contributed by atoms with van der Waals surface area (Å²) in [5.41, 5.74) is 0. The van der Waals surface area contributed by atoms with Crippen molar-refractivity contribution in [1.82, 2.24) is 0 Å². The second kappa shape index (κ2) is 13.3.